The van der Waals surface area contributed by atoms with Crippen LogP contribution in [0.4, 0.5) is 0 Å². The summed E-state index contributed by atoms with van der Waals surface area (Å²) in [7, 11) is 1.74. The number of amides is 2. The number of ether oxygens (including phenoxy) is 1. The summed E-state index contributed by atoms with van der Waals surface area (Å²) in [4.78, 5) is 31.2. The van der Waals surface area contributed by atoms with Gasteiger partial charge in [-0.3, -0.25) is 19.5 Å². The number of aryl methyl sites for hydroxylation is 2. The lowest BCUT2D eigenvalue weighted by atomic mass is 9.85. The third kappa shape index (κ3) is 4.38. The van der Waals surface area contributed by atoms with E-state index < -0.39 is 0 Å². The molecule has 1 aromatic rings. The fraction of sp³-hybridized carbons (Fsp3) is 0.560. The van der Waals surface area contributed by atoms with E-state index in [1.54, 1.807) is 7.05 Å². The van der Waals surface area contributed by atoms with E-state index in [0.29, 0.717) is 26.1 Å². The average molecular weight is 439 g/mol. The Morgan fingerprint density at radius 2 is 1.62 bits per heavy atom. The van der Waals surface area contributed by atoms with Crippen LogP contribution in [0.1, 0.15) is 30.4 Å². The molecule has 1 aromatic carbocycles. The van der Waals surface area contributed by atoms with Crippen molar-refractivity contribution in [3.05, 3.63) is 41.5 Å². The summed E-state index contributed by atoms with van der Waals surface area (Å²) in [5.41, 5.74) is 2.30. The number of hydrogen-bond donors (Lipinski definition) is 2. The SMILES string of the molecule is CN=C(NCCCOc1c(C)cccc1C)NCCCN1C(=O)C2C3C=CC(C3)C2C1=O. The van der Waals surface area contributed by atoms with Crippen LogP contribution in [-0.4, -0.2) is 56.0 Å². The molecule has 4 unspecified atom stereocenters. The number of fused-ring (bicyclic) bond motifs is 5. The molecule has 1 aliphatic heterocycles. The molecule has 1 saturated heterocycles. The van der Waals surface area contributed by atoms with Gasteiger partial charge in [-0.25, -0.2) is 0 Å². The number of hydrogen-bond acceptors (Lipinski definition) is 4. The number of para-hydroxylation sites is 1. The van der Waals surface area contributed by atoms with Crippen molar-refractivity contribution < 1.29 is 14.3 Å². The fourth-order valence-corrected chi connectivity index (χ4v) is 5.33. The van der Waals surface area contributed by atoms with E-state index in [2.05, 4.69) is 53.8 Å². The highest BCUT2D eigenvalue weighted by molar-refractivity contribution is 6.06. The summed E-state index contributed by atoms with van der Waals surface area (Å²) < 4.78 is 5.94. The van der Waals surface area contributed by atoms with Gasteiger partial charge >= 0.3 is 0 Å². The molecule has 1 saturated carbocycles. The van der Waals surface area contributed by atoms with Crippen molar-refractivity contribution >= 4 is 17.8 Å². The highest BCUT2D eigenvalue weighted by Gasteiger charge is 2.58. The zero-order valence-electron chi connectivity index (χ0n) is 19.3. The van der Waals surface area contributed by atoms with Crippen molar-refractivity contribution in [1.82, 2.24) is 15.5 Å². The number of allylic oxidation sites excluding steroid dienone is 2. The normalized spacial score (nSPS) is 26.1. The molecular formula is C25H34N4O3. The van der Waals surface area contributed by atoms with Crippen molar-refractivity contribution in [3.63, 3.8) is 0 Å². The molecule has 0 aromatic heterocycles. The Kier molecular flexibility index (Phi) is 6.82. The van der Waals surface area contributed by atoms with Crippen LogP contribution in [0.15, 0.2) is 35.3 Å². The van der Waals surface area contributed by atoms with Gasteiger partial charge in [0.25, 0.3) is 0 Å². The minimum absolute atomic E-state index is 0.0308. The molecular weight excluding hydrogens is 404 g/mol. The molecule has 2 aliphatic carbocycles. The van der Waals surface area contributed by atoms with Gasteiger partial charge in [0.2, 0.25) is 11.8 Å². The summed E-state index contributed by atoms with van der Waals surface area (Å²) >= 11 is 0. The van der Waals surface area contributed by atoms with Gasteiger partial charge in [0, 0.05) is 26.7 Å². The highest BCUT2D eigenvalue weighted by atomic mass is 16.5. The van der Waals surface area contributed by atoms with Crippen molar-refractivity contribution in [2.24, 2.45) is 28.7 Å². The second-order valence-corrected chi connectivity index (χ2v) is 9.03. The van der Waals surface area contributed by atoms with Gasteiger partial charge < -0.3 is 15.4 Å². The summed E-state index contributed by atoms with van der Waals surface area (Å²) in [6.45, 7) is 6.61. The smallest absolute Gasteiger partial charge is 0.233 e. The molecule has 172 valence electrons. The van der Waals surface area contributed by atoms with E-state index in [4.69, 9.17) is 4.74 Å². The molecule has 0 radical (unpaired) electrons. The van der Waals surface area contributed by atoms with Crippen LogP contribution in [-0.2, 0) is 9.59 Å². The molecule has 4 rings (SSSR count). The van der Waals surface area contributed by atoms with Gasteiger partial charge in [0.15, 0.2) is 5.96 Å². The standard InChI is InChI=1S/C25H34N4O3/c1-16-7-4-8-17(2)22(16)32-14-6-12-28-25(26-3)27-11-5-13-29-23(30)20-18-9-10-19(15-18)21(20)24(29)31/h4,7-10,18-21H,5-6,11-15H2,1-3H3,(H2,26,27,28). The van der Waals surface area contributed by atoms with Crippen LogP contribution in [0.5, 0.6) is 5.75 Å². The third-order valence-electron chi connectivity index (χ3n) is 6.90. The molecule has 2 N–H and O–H groups in total. The summed E-state index contributed by atoms with van der Waals surface area (Å²) in [5.74, 6) is 2.07. The van der Waals surface area contributed by atoms with Crippen LogP contribution >= 0.6 is 0 Å². The number of carbonyl (C=O) groups is 2. The van der Waals surface area contributed by atoms with Gasteiger partial charge in [-0.2, -0.15) is 0 Å². The Morgan fingerprint density at radius 1 is 1.03 bits per heavy atom. The first-order valence-electron chi connectivity index (χ1n) is 11.7. The Labute approximate surface area is 190 Å². The van der Waals surface area contributed by atoms with Crippen LogP contribution in [0.3, 0.4) is 0 Å². The molecule has 2 amide bonds. The Balaban J connectivity index is 1.12. The second kappa shape index (κ2) is 9.76. The number of nitrogens with one attached hydrogen (secondary N) is 2. The van der Waals surface area contributed by atoms with Crippen LogP contribution in [0, 0.1) is 37.5 Å². The number of likely N-dealkylation sites (tertiary alicyclic amines) is 1. The van der Waals surface area contributed by atoms with Gasteiger partial charge in [-0.1, -0.05) is 30.4 Å². The second-order valence-electron chi connectivity index (χ2n) is 9.03. The minimum atomic E-state index is -0.106. The maximum atomic E-state index is 12.7. The van der Waals surface area contributed by atoms with E-state index in [-0.39, 0.29) is 35.5 Å². The predicted molar refractivity (Wildman–Crippen MR) is 124 cm³/mol. The number of guanidine groups is 1. The number of benzene rings is 1. The van der Waals surface area contributed by atoms with E-state index in [0.717, 1.165) is 42.2 Å². The molecule has 32 heavy (non-hydrogen) atoms. The van der Waals surface area contributed by atoms with Crippen molar-refractivity contribution in [2.75, 3.05) is 33.3 Å². The number of nitrogens with zero attached hydrogens (tertiary/aromatic N) is 2. The van der Waals surface area contributed by atoms with E-state index in [1.165, 1.54) is 4.90 Å². The number of aliphatic imine (C=N–C) groups is 1. The van der Waals surface area contributed by atoms with Gasteiger partial charge in [-0.05, 0) is 56.1 Å². The monoisotopic (exact) mass is 438 g/mol. The zero-order valence-corrected chi connectivity index (χ0v) is 19.3. The molecule has 4 atom stereocenters. The number of carbonyl (C=O) groups excluding carboxylic acids is 2. The highest BCUT2D eigenvalue weighted by Crippen LogP contribution is 2.52. The van der Waals surface area contributed by atoms with E-state index >= 15 is 0 Å². The maximum Gasteiger partial charge on any atom is 0.233 e. The summed E-state index contributed by atoms with van der Waals surface area (Å²) in [6, 6.07) is 6.16. The summed E-state index contributed by atoms with van der Waals surface area (Å²) in [6.07, 6.45) is 6.79. The predicted octanol–water partition coefficient (Wildman–Crippen LogP) is 2.43. The van der Waals surface area contributed by atoms with E-state index in [1.807, 2.05) is 6.07 Å². The fourth-order valence-electron chi connectivity index (χ4n) is 5.33. The largest absolute Gasteiger partial charge is 0.493 e. The zero-order chi connectivity index (χ0) is 22.7. The minimum Gasteiger partial charge on any atom is -0.493 e. The van der Waals surface area contributed by atoms with Crippen molar-refractivity contribution in [3.8, 4) is 5.75 Å². The lowest BCUT2D eigenvalue weighted by molar-refractivity contribution is -0.140. The molecule has 7 heteroatoms. The first-order chi connectivity index (χ1) is 15.5. The van der Waals surface area contributed by atoms with Crippen LogP contribution in [0.25, 0.3) is 0 Å². The average Bonchev–Trinajstić information content (AvgIpc) is 3.46. The topological polar surface area (TPSA) is 83.0 Å². The summed E-state index contributed by atoms with van der Waals surface area (Å²) in [5, 5.41) is 6.55. The Bertz CT molecular complexity index is 876. The van der Waals surface area contributed by atoms with Gasteiger partial charge in [0.05, 0.1) is 18.4 Å². The number of imide groups is 1. The molecule has 0 spiro atoms. The molecule has 1 heterocycles. The Morgan fingerprint density at radius 3 is 2.22 bits per heavy atom. The maximum absolute atomic E-state index is 12.7. The number of rotatable bonds is 9. The lowest BCUT2D eigenvalue weighted by Crippen LogP contribution is -2.40. The van der Waals surface area contributed by atoms with Crippen molar-refractivity contribution in [1.29, 1.82) is 0 Å². The van der Waals surface area contributed by atoms with Crippen LogP contribution in [0.2, 0.25) is 0 Å². The molecule has 2 fully saturated rings. The Hall–Kier alpha value is -2.83. The first-order valence-corrected chi connectivity index (χ1v) is 11.7. The third-order valence-corrected chi connectivity index (χ3v) is 6.90. The molecule has 3 aliphatic rings. The molecule has 7 nitrogen and oxygen atoms in total. The van der Waals surface area contributed by atoms with Gasteiger partial charge in [-0.15, -0.1) is 0 Å². The quantitative estimate of drug-likeness (QED) is 0.203. The van der Waals surface area contributed by atoms with Gasteiger partial charge in [0.1, 0.15) is 5.75 Å². The first kappa shape index (κ1) is 22.4. The van der Waals surface area contributed by atoms with E-state index in [9.17, 15) is 9.59 Å². The lowest BCUT2D eigenvalue weighted by Gasteiger charge is -2.18. The van der Waals surface area contributed by atoms with Crippen molar-refractivity contribution in [2.45, 2.75) is 33.1 Å². The van der Waals surface area contributed by atoms with Crippen LogP contribution < -0.4 is 15.4 Å². The molecule has 2 bridgehead atoms.